The minimum atomic E-state index is -3.73. The second kappa shape index (κ2) is 5.25. The molecule has 0 bridgehead atoms. The number of sulfonamides is 1. The Balaban J connectivity index is 2.13. The Morgan fingerprint density at radius 1 is 1.53 bits per heavy atom. The smallest absolute Gasteiger partial charge is 0.243 e. The molecule has 0 atom stereocenters. The number of aromatic nitrogens is 1. The van der Waals surface area contributed by atoms with Crippen LogP contribution in [0.4, 0.5) is 0 Å². The number of nitrogens with one attached hydrogen (secondary N) is 1. The number of aliphatic hydroxyl groups excluding tert-OH is 1. The van der Waals surface area contributed by atoms with Gasteiger partial charge in [-0.05, 0) is 36.8 Å². The lowest BCUT2D eigenvalue weighted by atomic mass is 10.0. The van der Waals surface area contributed by atoms with Gasteiger partial charge >= 0.3 is 0 Å². The molecule has 1 aliphatic rings. The SMILES string of the molecule is N#Cc1ncccc1S(=O)(=O)NCC1(CCO)CC1. The van der Waals surface area contributed by atoms with Gasteiger partial charge in [0.15, 0.2) is 5.69 Å². The van der Waals surface area contributed by atoms with Gasteiger partial charge in [0.25, 0.3) is 0 Å². The van der Waals surface area contributed by atoms with Crippen molar-refractivity contribution in [3.63, 3.8) is 0 Å². The zero-order valence-corrected chi connectivity index (χ0v) is 11.2. The van der Waals surface area contributed by atoms with E-state index in [9.17, 15) is 8.42 Å². The molecule has 1 heterocycles. The topological polar surface area (TPSA) is 103 Å². The summed E-state index contributed by atoms with van der Waals surface area (Å²) in [5.41, 5.74) is -0.224. The van der Waals surface area contributed by atoms with Gasteiger partial charge in [0.05, 0.1) is 0 Å². The molecule has 2 rings (SSSR count). The zero-order valence-electron chi connectivity index (χ0n) is 10.3. The average Bonchev–Trinajstić information content (AvgIpc) is 3.17. The summed E-state index contributed by atoms with van der Waals surface area (Å²) in [5.74, 6) is 0. The number of pyridine rings is 1. The third kappa shape index (κ3) is 3.10. The van der Waals surface area contributed by atoms with Crippen LogP contribution in [0.15, 0.2) is 23.2 Å². The Labute approximate surface area is 112 Å². The van der Waals surface area contributed by atoms with Crippen molar-refractivity contribution in [2.45, 2.75) is 24.2 Å². The van der Waals surface area contributed by atoms with E-state index in [0.29, 0.717) is 6.42 Å². The van der Waals surface area contributed by atoms with Crippen LogP contribution in [0.2, 0.25) is 0 Å². The lowest BCUT2D eigenvalue weighted by Crippen LogP contribution is -2.31. The van der Waals surface area contributed by atoms with Crippen molar-refractivity contribution in [3.8, 4) is 6.07 Å². The molecule has 2 N–H and O–H groups in total. The molecule has 0 saturated heterocycles. The third-order valence-corrected chi connectivity index (χ3v) is 4.84. The van der Waals surface area contributed by atoms with E-state index in [1.165, 1.54) is 18.3 Å². The number of nitrogens with zero attached hydrogens (tertiary/aromatic N) is 2. The van der Waals surface area contributed by atoms with Gasteiger partial charge < -0.3 is 5.11 Å². The third-order valence-electron chi connectivity index (χ3n) is 3.40. The highest BCUT2D eigenvalue weighted by molar-refractivity contribution is 7.89. The van der Waals surface area contributed by atoms with Crippen molar-refractivity contribution in [3.05, 3.63) is 24.0 Å². The molecule has 0 aromatic carbocycles. The van der Waals surface area contributed by atoms with E-state index in [1.807, 2.05) is 0 Å². The first-order valence-corrected chi connectivity index (χ1v) is 7.47. The molecule has 0 amide bonds. The Morgan fingerprint density at radius 2 is 2.26 bits per heavy atom. The summed E-state index contributed by atoms with van der Waals surface area (Å²) in [6, 6.07) is 4.61. The molecule has 19 heavy (non-hydrogen) atoms. The molecule has 0 spiro atoms. The first-order chi connectivity index (χ1) is 9.03. The van der Waals surface area contributed by atoms with E-state index < -0.39 is 10.0 Å². The van der Waals surface area contributed by atoms with Crippen LogP contribution < -0.4 is 4.72 Å². The van der Waals surface area contributed by atoms with Crippen LogP contribution in [-0.4, -0.2) is 31.7 Å². The molecule has 0 unspecified atom stereocenters. The maximum atomic E-state index is 12.1. The van der Waals surface area contributed by atoms with Gasteiger partial charge in [0.1, 0.15) is 11.0 Å². The molecule has 7 heteroatoms. The van der Waals surface area contributed by atoms with Gasteiger partial charge in [-0.3, -0.25) is 0 Å². The molecule has 102 valence electrons. The molecule has 1 fully saturated rings. The van der Waals surface area contributed by atoms with Crippen LogP contribution in [-0.2, 0) is 10.0 Å². The van der Waals surface area contributed by atoms with Crippen LogP contribution in [0.3, 0.4) is 0 Å². The fraction of sp³-hybridized carbons (Fsp3) is 0.500. The van der Waals surface area contributed by atoms with Gasteiger partial charge in [-0.15, -0.1) is 0 Å². The minimum absolute atomic E-state index is 0.0536. The summed E-state index contributed by atoms with van der Waals surface area (Å²) in [7, 11) is -3.73. The fourth-order valence-corrected chi connectivity index (χ4v) is 3.21. The predicted octanol–water partition coefficient (Wildman–Crippen LogP) is 0.394. The molecule has 0 radical (unpaired) electrons. The fourth-order valence-electron chi connectivity index (χ4n) is 1.95. The maximum Gasteiger partial charge on any atom is 0.243 e. The molecule has 1 saturated carbocycles. The van der Waals surface area contributed by atoms with Crippen molar-refractivity contribution in [1.82, 2.24) is 9.71 Å². The molecule has 1 aromatic heterocycles. The van der Waals surface area contributed by atoms with Crippen LogP contribution in [0, 0.1) is 16.7 Å². The summed E-state index contributed by atoms with van der Waals surface area (Å²) < 4.78 is 26.8. The maximum absolute atomic E-state index is 12.1. The van der Waals surface area contributed by atoms with Crippen LogP contribution >= 0.6 is 0 Å². The standard InChI is InChI=1S/C12H15N3O3S/c13-8-10-11(2-1-6-14-10)19(17,18)15-9-12(3-4-12)5-7-16/h1-2,6,15-16H,3-5,7,9H2. The first kappa shape index (κ1) is 13.9. The molecule has 0 aliphatic heterocycles. The highest BCUT2D eigenvalue weighted by atomic mass is 32.2. The Bertz CT molecular complexity index is 603. The normalized spacial score (nSPS) is 16.8. The van der Waals surface area contributed by atoms with Crippen molar-refractivity contribution in [2.24, 2.45) is 5.41 Å². The van der Waals surface area contributed by atoms with E-state index in [-0.39, 0.29) is 29.2 Å². The Morgan fingerprint density at radius 3 is 2.84 bits per heavy atom. The van der Waals surface area contributed by atoms with Crippen molar-refractivity contribution in [1.29, 1.82) is 5.26 Å². The van der Waals surface area contributed by atoms with E-state index in [2.05, 4.69) is 9.71 Å². The van der Waals surface area contributed by atoms with E-state index in [0.717, 1.165) is 12.8 Å². The van der Waals surface area contributed by atoms with Crippen molar-refractivity contribution < 1.29 is 13.5 Å². The van der Waals surface area contributed by atoms with Crippen LogP contribution in [0.25, 0.3) is 0 Å². The summed E-state index contributed by atoms with van der Waals surface area (Å²) in [6.07, 6.45) is 3.79. The monoisotopic (exact) mass is 281 g/mol. The van der Waals surface area contributed by atoms with Gasteiger partial charge in [-0.2, -0.15) is 5.26 Å². The second-order valence-electron chi connectivity index (χ2n) is 4.76. The number of hydrogen-bond acceptors (Lipinski definition) is 5. The Hall–Kier alpha value is -1.49. The van der Waals surface area contributed by atoms with Gasteiger partial charge in [0, 0.05) is 19.3 Å². The van der Waals surface area contributed by atoms with Crippen molar-refractivity contribution >= 4 is 10.0 Å². The highest BCUT2D eigenvalue weighted by Gasteiger charge is 2.42. The minimum Gasteiger partial charge on any atom is -0.396 e. The average molecular weight is 281 g/mol. The molecular formula is C12H15N3O3S. The quantitative estimate of drug-likeness (QED) is 0.785. The summed E-state index contributed by atoms with van der Waals surface area (Å²) >= 11 is 0. The molecule has 1 aliphatic carbocycles. The number of rotatable bonds is 6. The second-order valence-corrected chi connectivity index (χ2v) is 6.50. The lowest BCUT2D eigenvalue weighted by Gasteiger charge is -2.14. The molecular weight excluding hydrogens is 266 g/mol. The van der Waals surface area contributed by atoms with Gasteiger partial charge in [-0.25, -0.2) is 18.1 Å². The molecule has 6 nitrogen and oxygen atoms in total. The summed E-state index contributed by atoms with van der Waals surface area (Å²) in [6.45, 7) is 0.341. The number of hydrogen-bond donors (Lipinski definition) is 2. The van der Waals surface area contributed by atoms with Crippen LogP contribution in [0.5, 0.6) is 0 Å². The first-order valence-electron chi connectivity index (χ1n) is 5.99. The Kier molecular flexibility index (Phi) is 3.85. The van der Waals surface area contributed by atoms with E-state index in [4.69, 9.17) is 10.4 Å². The van der Waals surface area contributed by atoms with E-state index >= 15 is 0 Å². The summed E-state index contributed by atoms with van der Waals surface area (Å²) in [5, 5.41) is 17.8. The van der Waals surface area contributed by atoms with E-state index in [1.54, 1.807) is 6.07 Å². The predicted molar refractivity (Wildman–Crippen MR) is 67.5 cm³/mol. The van der Waals surface area contributed by atoms with Gasteiger partial charge in [0.2, 0.25) is 10.0 Å². The number of nitriles is 1. The molecule has 1 aromatic rings. The zero-order chi connectivity index (χ0) is 13.9. The lowest BCUT2D eigenvalue weighted by molar-refractivity contribution is 0.249. The summed E-state index contributed by atoms with van der Waals surface area (Å²) in [4.78, 5) is 3.64. The highest BCUT2D eigenvalue weighted by Crippen LogP contribution is 2.48. The number of aliphatic hydroxyl groups is 1. The van der Waals surface area contributed by atoms with Crippen LogP contribution in [0.1, 0.15) is 25.0 Å². The van der Waals surface area contributed by atoms with Gasteiger partial charge in [-0.1, -0.05) is 0 Å². The largest absolute Gasteiger partial charge is 0.396 e. The van der Waals surface area contributed by atoms with Crippen molar-refractivity contribution in [2.75, 3.05) is 13.2 Å².